The van der Waals surface area contributed by atoms with Gasteiger partial charge in [0.05, 0.1) is 0 Å². The van der Waals surface area contributed by atoms with Gasteiger partial charge in [0.25, 0.3) is 0 Å². The normalized spacial score (nSPS) is 19.2. The van der Waals surface area contributed by atoms with Crippen LogP contribution in [0.4, 0.5) is 0 Å². The minimum absolute atomic E-state index is 0.0166. The van der Waals surface area contributed by atoms with Gasteiger partial charge in [-0.2, -0.15) is 0 Å². The third-order valence-electron chi connectivity index (χ3n) is 2.59. The first-order valence-electron chi connectivity index (χ1n) is 5.35. The first kappa shape index (κ1) is 11.2. The number of carbonyl (C=O) groups is 1. The van der Waals surface area contributed by atoms with Crippen LogP contribution in [0.15, 0.2) is 11.6 Å². The molecular formula is C11H20N2O. The summed E-state index contributed by atoms with van der Waals surface area (Å²) in [6, 6.07) is 0.147. The first-order chi connectivity index (χ1) is 6.65. The van der Waals surface area contributed by atoms with Crippen molar-refractivity contribution in [1.29, 1.82) is 0 Å². The smallest absolute Gasteiger partial charge is 0.246 e. The van der Waals surface area contributed by atoms with Crippen molar-refractivity contribution in [2.24, 2.45) is 11.7 Å². The molecule has 1 atom stereocenters. The van der Waals surface area contributed by atoms with Gasteiger partial charge < -0.3 is 11.1 Å². The molecule has 1 rings (SSSR count). The van der Waals surface area contributed by atoms with Gasteiger partial charge in [-0.3, -0.25) is 4.79 Å². The Bertz CT molecular complexity index is 231. The lowest BCUT2D eigenvalue weighted by Crippen LogP contribution is -2.38. The van der Waals surface area contributed by atoms with Crippen LogP contribution >= 0.6 is 0 Å². The molecule has 1 unspecified atom stereocenters. The van der Waals surface area contributed by atoms with E-state index in [0.29, 0.717) is 12.5 Å². The number of nitrogens with two attached hydrogens (primary N) is 1. The van der Waals surface area contributed by atoms with E-state index in [9.17, 15) is 4.79 Å². The average molecular weight is 196 g/mol. The number of carbonyl (C=O) groups excluding carboxylic acids is 1. The number of amides is 1. The van der Waals surface area contributed by atoms with Crippen molar-refractivity contribution in [3.63, 3.8) is 0 Å². The van der Waals surface area contributed by atoms with Gasteiger partial charge in [0.15, 0.2) is 0 Å². The number of allylic oxidation sites excluding steroid dienone is 1. The summed E-state index contributed by atoms with van der Waals surface area (Å²) in [7, 11) is 0. The highest BCUT2D eigenvalue weighted by Crippen LogP contribution is 2.31. The van der Waals surface area contributed by atoms with Gasteiger partial charge in [0.1, 0.15) is 0 Å². The lowest BCUT2D eigenvalue weighted by molar-refractivity contribution is -0.117. The van der Waals surface area contributed by atoms with Crippen LogP contribution in [0.5, 0.6) is 0 Å². The highest BCUT2D eigenvalue weighted by atomic mass is 16.1. The fourth-order valence-electron chi connectivity index (χ4n) is 1.44. The van der Waals surface area contributed by atoms with Crippen LogP contribution < -0.4 is 11.1 Å². The molecule has 1 saturated carbocycles. The van der Waals surface area contributed by atoms with E-state index < -0.39 is 0 Å². The fourth-order valence-corrected chi connectivity index (χ4v) is 1.44. The second-order valence-electron chi connectivity index (χ2n) is 4.01. The molecule has 0 saturated heterocycles. The van der Waals surface area contributed by atoms with Crippen molar-refractivity contribution >= 4 is 5.91 Å². The molecule has 80 valence electrons. The molecule has 0 aromatic carbocycles. The lowest BCUT2D eigenvalue weighted by atomic mass is 10.2. The van der Waals surface area contributed by atoms with E-state index in [4.69, 9.17) is 5.73 Å². The Morgan fingerprint density at radius 2 is 2.29 bits per heavy atom. The Hall–Kier alpha value is -0.830. The van der Waals surface area contributed by atoms with Crippen LogP contribution in [-0.2, 0) is 4.79 Å². The number of nitrogens with one attached hydrogen (secondary N) is 1. The van der Waals surface area contributed by atoms with Gasteiger partial charge in [-0.05, 0) is 32.1 Å². The zero-order chi connectivity index (χ0) is 10.6. The maximum absolute atomic E-state index is 11.4. The van der Waals surface area contributed by atoms with Crippen molar-refractivity contribution in [2.45, 2.75) is 39.2 Å². The van der Waals surface area contributed by atoms with Crippen molar-refractivity contribution in [3.8, 4) is 0 Å². The predicted molar refractivity (Wildman–Crippen MR) is 57.8 cm³/mol. The van der Waals surface area contributed by atoms with Gasteiger partial charge in [0.2, 0.25) is 5.91 Å². The molecule has 1 aliphatic carbocycles. The van der Waals surface area contributed by atoms with E-state index in [2.05, 4.69) is 5.32 Å². The quantitative estimate of drug-likeness (QED) is 0.649. The maximum atomic E-state index is 11.4. The minimum atomic E-state index is 0.0166. The van der Waals surface area contributed by atoms with Crippen molar-refractivity contribution in [2.75, 3.05) is 6.54 Å². The van der Waals surface area contributed by atoms with Crippen LogP contribution in [-0.4, -0.2) is 18.5 Å². The monoisotopic (exact) mass is 196 g/mol. The third-order valence-corrected chi connectivity index (χ3v) is 2.59. The summed E-state index contributed by atoms with van der Waals surface area (Å²) < 4.78 is 0. The van der Waals surface area contributed by atoms with E-state index >= 15 is 0 Å². The molecule has 1 amide bonds. The van der Waals surface area contributed by atoms with Crippen LogP contribution in [0.1, 0.15) is 33.1 Å². The Kier molecular flexibility index (Phi) is 4.14. The van der Waals surface area contributed by atoms with E-state index in [-0.39, 0.29) is 11.9 Å². The number of hydrogen-bond donors (Lipinski definition) is 2. The van der Waals surface area contributed by atoms with Crippen LogP contribution in [0.2, 0.25) is 0 Å². The number of hydrogen-bond acceptors (Lipinski definition) is 2. The standard InChI is InChI=1S/C11H20N2O/c1-3-4-8(2)11(14)13-7-10(12)9-5-6-9/h4,9-10H,3,5-7,12H2,1-2H3,(H,13,14)/b8-4-. The zero-order valence-electron chi connectivity index (χ0n) is 9.05. The van der Waals surface area contributed by atoms with Gasteiger partial charge in [0, 0.05) is 18.2 Å². The SMILES string of the molecule is CC/C=C(/C)C(=O)NCC(N)C1CC1. The van der Waals surface area contributed by atoms with Crippen molar-refractivity contribution in [1.82, 2.24) is 5.32 Å². The molecule has 0 aromatic heterocycles. The van der Waals surface area contributed by atoms with Gasteiger partial charge in [-0.1, -0.05) is 13.0 Å². The Morgan fingerprint density at radius 3 is 2.79 bits per heavy atom. The van der Waals surface area contributed by atoms with E-state index in [1.807, 2.05) is 19.9 Å². The second kappa shape index (κ2) is 5.15. The molecule has 3 nitrogen and oxygen atoms in total. The molecule has 0 radical (unpaired) electrons. The Morgan fingerprint density at radius 1 is 1.64 bits per heavy atom. The Labute approximate surface area is 85.7 Å². The van der Waals surface area contributed by atoms with Crippen molar-refractivity contribution < 1.29 is 4.79 Å². The van der Waals surface area contributed by atoms with Crippen LogP contribution in [0.3, 0.4) is 0 Å². The average Bonchev–Trinajstić information content (AvgIpc) is 2.97. The fraction of sp³-hybridized carbons (Fsp3) is 0.727. The molecule has 1 fully saturated rings. The van der Waals surface area contributed by atoms with Gasteiger partial charge in [-0.15, -0.1) is 0 Å². The Balaban J connectivity index is 2.22. The molecular weight excluding hydrogens is 176 g/mol. The molecule has 3 N–H and O–H groups in total. The molecule has 0 heterocycles. The first-order valence-corrected chi connectivity index (χ1v) is 5.35. The highest BCUT2D eigenvalue weighted by molar-refractivity contribution is 5.92. The van der Waals surface area contributed by atoms with E-state index in [1.165, 1.54) is 12.8 Å². The van der Waals surface area contributed by atoms with Crippen molar-refractivity contribution in [3.05, 3.63) is 11.6 Å². The lowest BCUT2D eigenvalue weighted by Gasteiger charge is -2.11. The zero-order valence-corrected chi connectivity index (χ0v) is 9.05. The molecule has 0 bridgehead atoms. The third kappa shape index (κ3) is 3.50. The van der Waals surface area contributed by atoms with E-state index in [0.717, 1.165) is 12.0 Å². The summed E-state index contributed by atoms with van der Waals surface area (Å²) in [5, 5.41) is 2.86. The summed E-state index contributed by atoms with van der Waals surface area (Å²) in [5.41, 5.74) is 6.65. The molecule has 1 aliphatic rings. The van der Waals surface area contributed by atoms with Gasteiger partial charge in [-0.25, -0.2) is 0 Å². The predicted octanol–water partition coefficient (Wildman–Crippen LogP) is 1.20. The maximum Gasteiger partial charge on any atom is 0.246 e. The summed E-state index contributed by atoms with van der Waals surface area (Å²) in [4.78, 5) is 11.4. The second-order valence-corrected chi connectivity index (χ2v) is 4.01. The summed E-state index contributed by atoms with van der Waals surface area (Å²) in [6.45, 7) is 4.46. The summed E-state index contributed by atoms with van der Waals surface area (Å²) in [6.07, 6.45) is 5.27. The van der Waals surface area contributed by atoms with Gasteiger partial charge >= 0.3 is 0 Å². The highest BCUT2D eigenvalue weighted by Gasteiger charge is 2.28. The van der Waals surface area contributed by atoms with Crippen LogP contribution in [0, 0.1) is 5.92 Å². The minimum Gasteiger partial charge on any atom is -0.351 e. The molecule has 0 spiro atoms. The van der Waals surface area contributed by atoms with Crippen LogP contribution in [0.25, 0.3) is 0 Å². The molecule has 3 heteroatoms. The molecule has 0 aromatic rings. The summed E-state index contributed by atoms with van der Waals surface area (Å²) in [5.74, 6) is 0.661. The summed E-state index contributed by atoms with van der Waals surface area (Å²) >= 11 is 0. The van der Waals surface area contributed by atoms with E-state index in [1.54, 1.807) is 0 Å². The topological polar surface area (TPSA) is 55.1 Å². The molecule has 14 heavy (non-hydrogen) atoms. The number of rotatable bonds is 5. The molecule has 0 aliphatic heterocycles. The largest absolute Gasteiger partial charge is 0.351 e.